The first-order valence-electron chi connectivity index (χ1n) is 20.3. The summed E-state index contributed by atoms with van der Waals surface area (Å²) in [5, 5.41) is 12.6. The molecule has 8 nitrogen and oxygen atoms in total. The van der Waals surface area contributed by atoms with Gasteiger partial charge in [0.05, 0.1) is 38.8 Å². The Labute approximate surface area is 350 Å². The van der Waals surface area contributed by atoms with Crippen molar-refractivity contribution < 1.29 is 0 Å². The van der Waals surface area contributed by atoms with Crippen molar-refractivity contribution in [3.05, 3.63) is 182 Å². The van der Waals surface area contributed by atoms with E-state index in [9.17, 15) is 0 Å². The van der Waals surface area contributed by atoms with Crippen molar-refractivity contribution in [3.63, 3.8) is 0 Å². The van der Waals surface area contributed by atoms with Crippen LogP contribution in [0.3, 0.4) is 0 Å². The zero-order valence-electron chi connectivity index (χ0n) is 32.3. The van der Waals surface area contributed by atoms with Crippen LogP contribution in [0.4, 0.5) is 0 Å². The van der Waals surface area contributed by atoms with Crippen LogP contribution >= 0.6 is 11.3 Å². The Bertz CT molecular complexity index is 4040. The zero-order valence-corrected chi connectivity index (χ0v) is 33.1. The molecular formula is C52H30N8S. The van der Waals surface area contributed by atoms with Crippen molar-refractivity contribution in [2.24, 2.45) is 0 Å². The van der Waals surface area contributed by atoms with Gasteiger partial charge in [-0.2, -0.15) is 0 Å². The molecule has 0 saturated carbocycles. The molecule has 14 rings (SSSR count). The molecule has 9 heteroatoms. The molecule has 9 heterocycles. The van der Waals surface area contributed by atoms with E-state index in [1.54, 1.807) is 11.3 Å². The number of aromatic nitrogens is 8. The van der Waals surface area contributed by atoms with E-state index in [4.69, 9.17) is 9.97 Å². The van der Waals surface area contributed by atoms with Gasteiger partial charge in [0, 0.05) is 113 Å². The van der Waals surface area contributed by atoms with Gasteiger partial charge in [0.25, 0.3) is 0 Å². The van der Waals surface area contributed by atoms with Crippen LogP contribution in [0, 0.1) is 0 Å². The molecule has 14 aromatic rings. The minimum absolute atomic E-state index is 0.945. The topological polar surface area (TPSA) is 71.3 Å². The highest BCUT2D eigenvalue weighted by Gasteiger charge is 2.21. The van der Waals surface area contributed by atoms with Gasteiger partial charge in [0.2, 0.25) is 0 Å². The number of benzene rings is 5. The number of hydrogen-bond donors (Lipinski definition) is 0. The van der Waals surface area contributed by atoms with Crippen molar-refractivity contribution in [1.29, 1.82) is 0 Å². The van der Waals surface area contributed by atoms with Gasteiger partial charge in [0.1, 0.15) is 11.3 Å². The summed E-state index contributed by atoms with van der Waals surface area (Å²) < 4.78 is 10.6. The number of rotatable bonds is 4. The molecule has 9 aromatic heterocycles. The number of thiophene rings is 1. The van der Waals surface area contributed by atoms with Gasteiger partial charge >= 0.3 is 0 Å². The molecule has 0 spiro atoms. The van der Waals surface area contributed by atoms with Crippen LogP contribution in [0.2, 0.25) is 0 Å². The molecule has 0 aliphatic heterocycles. The van der Waals surface area contributed by atoms with Crippen molar-refractivity contribution in [3.8, 4) is 22.7 Å². The number of nitrogens with zero attached hydrogens (tertiary/aromatic N) is 8. The van der Waals surface area contributed by atoms with Gasteiger partial charge in [-0.15, -0.1) is 11.3 Å². The highest BCUT2D eigenvalue weighted by Crippen LogP contribution is 2.41. The van der Waals surface area contributed by atoms with Crippen LogP contribution in [0.25, 0.3) is 120 Å². The first kappa shape index (κ1) is 32.8. The Kier molecular flexibility index (Phi) is 6.56. The Morgan fingerprint density at radius 3 is 1.44 bits per heavy atom. The average Bonchev–Trinajstić information content (AvgIpc) is 4.12. The molecule has 0 amide bonds. The predicted octanol–water partition coefficient (Wildman–Crippen LogP) is 12.9. The third-order valence-corrected chi connectivity index (χ3v) is 13.5. The van der Waals surface area contributed by atoms with E-state index in [1.165, 1.54) is 20.9 Å². The normalized spacial score (nSPS) is 12.3. The molecule has 0 aliphatic rings. The molecular weight excluding hydrogens is 769 g/mol. The first-order valence-corrected chi connectivity index (χ1v) is 21.1. The van der Waals surface area contributed by atoms with Crippen LogP contribution < -0.4 is 0 Å². The third-order valence-electron chi connectivity index (χ3n) is 12.5. The summed E-state index contributed by atoms with van der Waals surface area (Å²) in [5.41, 5.74) is 13.0. The van der Waals surface area contributed by atoms with Gasteiger partial charge in [-0.1, -0.05) is 36.4 Å². The number of hydrogen-bond acceptors (Lipinski definition) is 5. The van der Waals surface area contributed by atoms with Crippen LogP contribution in [-0.2, 0) is 0 Å². The summed E-state index contributed by atoms with van der Waals surface area (Å²) >= 11 is 1.77. The third kappa shape index (κ3) is 4.47. The van der Waals surface area contributed by atoms with Crippen LogP contribution in [0.15, 0.2) is 182 Å². The van der Waals surface area contributed by atoms with Crippen LogP contribution in [0.1, 0.15) is 0 Å². The van der Waals surface area contributed by atoms with Gasteiger partial charge in [0.15, 0.2) is 0 Å². The molecule has 0 saturated heterocycles. The maximum absolute atomic E-state index is 4.86. The zero-order chi connectivity index (χ0) is 39.8. The molecule has 284 valence electrons. The lowest BCUT2D eigenvalue weighted by Crippen LogP contribution is -1.97. The summed E-state index contributed by atoms with van der Waals surface area (Å²) in [6.45, 7) is 0. The number of fused-ring (bicyclic) bond motifs is 13. The van der Waals surface area contributed by atoms with E-state index in [0.29, 0.717) is 0 Å². The van der Waals surface area contributed by atoms with E-state index in [1.807, 2.05) is 49.3 Å². The highest BCUT2D eigenvalue weighted by atomic mass is 32.1. The van der Waals surface area contributed by atoms with Crippen molar-refractivity contribution in [2.45, 2.75) is 0 Å². The fourth-order valence-electron chi connectivity index (χ4n) is 9.95. The maximum atomic E-state index is 4.86. The van der Waals surface area contributed by atoms with E-state index < -0.39 is 0 Å². The second-order valence-corrected chi connectivity index (χ2v) is 16.5. The molecule has 61 heavy (non-hydrogen) atoms. The van der Waals surface area contributed by atoms with Crippen molar-refractivity contribution in [1.82, 2.24) is 38.2 Å². The van der Waals surface area contributed by atoms with Gasteiger partial charge in [-0.3, -0.25) is 19.1 Å². The Balaban J connectivity index is 0.963. The van der Waals surface area contributed by atoms with Gasteiger partial charge in [-0.05, 0) is 103 Å². The van der Waals surface area contributed by atoms with E-state index in [0.717, 1.165) is 99.5 Å². The van der Waals surface area contributed by atoms with Gasteiger partial charge < -0.3 is 9.13 Å². The molecule has 0 unspecified atom stereocenters. The highest BCUT2D eigenvalue weighted by molar-refractivity contribution is 7.17. The fourth-order valence-corrected chi connectivity index (χ4v) is 10.9. The van der Waals surface area contributed by atoms with Crippen LogP contribution in [-0.4, -0.2) is 38.2 Å². The molecule has 0 bridgehead atoms. The average molecular weight is 799 g/mol. The second-order valence-electron chi connectivity index (χ2n) is 15.6. The Morgan fingerprint density at radius 2 is 0.820 bits per heavy atom. The number of para-hydroxylation sites is 2. The molecule has 0 radical (unpaired) electrons. The minimum atomic E-state index is 0.945. The summed E-state index contributed by atoms with van der Waals surface area (Å²) in [6.07, 6.45) is 11.5. The van der Waals surface area contributed by atoms with Crippen molar-refractivity contribution >= 4 is 109 Å². The van der Waals surface area contributed by atoms with E-state index in [-0.39, 0.29) is 0 Å². The monoisotopic (exact) mass is 798 g/mol. The molecule has 0 N–H and O–H groups in total. The summed E-state index contributed by atoms with van der Waals surface area (Å²) in [4.78, 5) is 19.0. The smallest absolute Gasteiger partial charge is 0.145 e. The molecule has 0 atom stereocenters. The summed E-state index contributed by atoms with van der Waals surface area (Å²) in [6, 6.07) is 50.1. The summed E-state index contributed by atoms with van der Waals surface area (Å²) in [7, 11) is 0. The lowest BCUT2D eigenvalue weighted by Gasteiger charge is -2.12. The lowest BCUT2D eigenvalue weighted by molar-refractivity contribution is 1.13. The largest absolute Gasteiger partial charge is 0.309 e. The van der Waals surface area contributed by atoms with Crippen molar-refractivity contribution in [2.75, 3.05) is 0 Å². The molecule has 0 aliphatic carbocycles. The van der Waals surface area contributed by atoms with Gasteiger partial charge in [-0.25, -0.2) is 9.97 Å². The Hall–Kier alpha value is -8.14. The quantitative estimate of drug-likeness (QED) is 0.178. The first-order chi connectivity index (χ1) is 30.3. The van der Waals surface area contributed by atoms with E-state index >= 15 is 0 Å². The maximum Gasteiger partial charge on any atom is 0.145 e. The predicted molar refractivity (Wildman–Crippen MR) is 250 cm³/mol. The standard InChI is InChI=1S/C52H30N8S/c1-3-11-43-34(7-1)36-9-5-21-55-51(36)58(43)32-13-16-45-38(25-32)41-28-53-23-19-47(41)57(45)31-15-18-50-40(27-31)49(30-61-50)60-46-17-14-33(26-39(46)42-29-54-24-20-48(42)60)59-44-12-4-2-8-35(44)37-10-6-22-56-52(37)59/h1-30H. The summed E-state index contributed by atoms with van der Waals surface area (Å²) in [5.74, 6) is 0. The second kappa shape index (κ2) is 12.2. The molecule has 0 fully saturated rings. The fraction of sp³-hybridized carbons (Fsp3) is 0. The van der Waals surface area contributed by atoms with E-state index in [2.05, 4.69) is 161 Å². The number of pyridine rings is 4. The minimum Gasteiger partial charge on any atom is -0.309 e. The Morgan fingerprint density at radius 1 is 0.344 bits per heavy atom. The lowest BCUT2D eigenvalue weighted by atomic mass is 10.1. The SMILES string of the molecule is c1ccc2c(c1)c1cccnc1n2-c1ccc2c(c1)c1cnccc1n2-c1ccc2scc(-n3c4ccncc4c4cc(-n5c6ccccc6c6cccnc65)ccc43)c2c1. The molecule has 5 aromatic carbocycles. The van der Waals surface area contributed by atoms with Crippen LogP contribution in [0.5, 0.6) is 0 Å².